The van der Waals surface area contributed by atoms with Crippen LogP contribution < -0.4 is 10.6 Å². The molecular formula is C15H20N2O3S. The minimum absolute atomic E-state index is 0.0170. The number of nitrogens with one attached hydrogen (secondary N) is 2. The number of carboxylic acid groups (broad SMARTS) is 1. The summed E-state index contributed by atoms with van der Waals surface area (Å²) < 4.78 is 0. The lowest BCUT2D eigenvalue weighted by atomic mass is 9.94. The van der Waals surface area contributed by atoms with E-state index in [9.17, 15) is 9.59 Å². The van der Waals surface area contributed by atoms with Crippen molar-refractivity contribution in [2.75, 3.05) is 0 Å². The fourth-order valence-corrected chi connectivity index (χ4v) is 4.35. The first-order valence-electron chi connectivity index (χ1n) is 7.49. The van der Waals surface area contributed by atoms with Gasteiger partial charge in [-0.05, 0) is 55.5 Å². The highest BCUT2D eigenvalue weighted by Gasteiger charge is 2.31. The summed E-state index contributed by atoms with van der Waals surface area (Å²) in [4.78, 5) is 24.4. The van der Waals surface area contributed by atoms with Gasteiger partial charge in [0, 0.05) is 10.9 Å². The zero-order chi connectivity index (χ0) is 14.8. The average Bonchev–Trinajstić information content (AvgIpc) is 3.07. The van der Waals surface area contributed by atoms with Crippen LogP contribution >= 0.6 is 11.3 Å². The minimum atomic E-state index is -0.755. The molecule has 3 unspecified atom stereocenters. The maximum Gasteiger partial charge on any atom is 0.315 e. The van der Waals surface area contributed by atoms with Gasteiger partial charge in [0.15, 0.2) is 0 Å². The maximum absolute atomic E-state index is 12.1. The molecule has 114 valence electrons. The minimum Gasteiger partial charge on any atom is -0.481 e. The largest absolute Gasteiger partial charge is 0.481 e. The third-order valence-corrected chi connectivity index (χ3v) is 5.47. The first-order valence-corrected chi connectivity index (χ1v) is 8.37. The Morgan fingerprint density at radius 2 is 2.10 bits per heavy atom. The molecule has 1 heterocycles. The van der Waals surface area contributed by atoms with Crippen molar-refractivity contribution in [3.63, 3.8) is 0 Å². The van der Waals surface area contributed by atoms with Crippen molar-refractivity contribution in [1.82, 2.24) is 10.6 Å². The van der Waals surface area contributed by atoms with Gasteiger partial charge >= 0.3 is 12.0 Å². The van der Waals surface area contributed by atoms with Crippen molar-refractivity contribution in [2.24, 2.45) is 5.92 Å². The standard InChI is InChI=1S/C15H20N2O3S/c18-14(19)9-4-5-10(8-9)16-15(20)17-12-2-1-3-13-11(12)6-7-21-13/h6-7,9-10,12H,1-5,8H2,(H,18,19)(H2,16,17,20). The molecule has 0 aromatic carbocycles. The highest BCUT2D eigenvalue weighted by atomic mass is 32.1. The van der Waals surface area contributed by atoms with Gasteiger partial charge in [-0.3, -0.25) is 4.79 Å². The first-order chi connectivity index (χ1) is 10.1. The van der Waals surface area contributed by atoms with Gasteiger partial charge in [0.05, 0.1) is 12.0 Å². The predicted molar refractivity (Wildman–Crippen MR) is 80.4 cm³/mol. The van der Waals surface area contributed by atoms with Gasteiger partial charge in [-0.15, -0.1) is 11.3 Å². The number of carbonyl (C=O) groups excluding carboxylic acids is 1. The number of hydrogen-bond donors (Lipinski definition) is 3. The van der Waals surface area contributed by atoms with Crippen LogP contribution in [0.5, 0.6) is 0 Å². The summed E-state index contributed by atoms with van der Waals surface area (Å²) in [5.74, 6) is -1.07. The SMILES string of the molecule is O=C(NC1CCC(C(=O)O)C1)NC1CCCc2sccc21. The molecule has 5 nitrogen and oxygen atoms in total. The molecule has 2 aliphatic carbocycles. The number of carbonyl (C=O) groups is 2. The summed E-state index contributed by atoms with van der Waals surface area (Å²) >= 11 is 1.76. The van der Waals surface area contributed by atoms with Crippen molar-refractivity contribution in [1.29, 1.82) is 0 Å². The number of aliphatic carboxylic acids is 1. The van der Waals surface area contributed by atoms with E-state index in [1.807, 2.05) is 0 Å². The van der Waals surface area contributed by atoms with Crippen LogP contribution in [0.3, 0.4) is 0 Å². The number of hydrogen-bond acceptors (Lipinski definition) is 3. The molecule has 0 spiro atoms. The lowest BCUT2D eigenvalue weighted by Crippen LogP contribution is -2.43. The van der Waals surface area contributed by atoms with Gasteiger partial charge in [-0.2, -0.15) is 0 Å². The Hall–Kier alpha value is -1.56. The van der Waals surface area contributed by atoms with E-state index in [2.05, 4.69) is 22.1 Å². The molecule has 3 rings (SSSR count). The second kappa shape index (κ2) is 6.05. The maximum atomic E-state index is 12.1. The Bertz CT molecular complexity index is 543. The fourth-order valence-electron chi connectivity index (χ4n) is 3.36. The van der Waals surface area contributed by atoms with Gasteiger partial charge in [0.2, 0.25) is 0 Å². The Morgan fingerprint density at radius 3 is 2.86 bits per heavy atom. The number of thiophene rings is 1. The fraction of sp³-hybridized carbons (Fsp3) is 0.600. The zero-order valence-corrected chi connectivity index (χ0v) is 12.6. The lowest BCUT2D eigenvalue weighted by Gasteiger charge is -2.24. The van der Waals surface area contributed by atoms with E-state index in [4.69, 9.17) is 5.11 Å². The molecule has 21 heavy (non-hydrogen) atoms. The average molecular weight is 308 g/mol. The summed E-state index contributed by atoms with van der Waals surface area (Å²) in [6.45, 7) is 0. The summed E-state index contributed by atoms with van der Waals surface area (Å²) in [6.07, 6.45) is 5.12. The molecule has 2 aliphatic rings. The number of fused-ring (bicyclic) bond motifs is 1. The Balaban J connectivity index is 1.53. The van der Waals surface area contributed by atoms with Gasteiger partial charge in [-0.25, -0.2) is 4.79 Å². The topological polar surface area (TPSA) is 78.4 Å². The highest BCUT2D eigenvalue weighted by Crippen LogP contribution is 2.33. The van der Waals surface area contributed by atoms with Gasteiger partial charge in [0.25, 0.3) is 0 Å². The monoisotopic (exact) mass is 308 g/mol. The van der Waals surface area contributed by atoms with Gasteiger partial charge in [-0.1, -0.05) is 0 Å². The van der Waals surface area contributed by atoms with Crippen molar-refractivity contribution in [3.8, 4) is 0 Å². The van der Waals surface area contributed by atoms with Gasteiger partial charge in [0.1, 0.15) is 0 Å². The molecule has 0 saturated heterocycles. The third-order valence-electron chi connectivity index (χ3n) is 4.47. The molecule has 0 radical (unpaired) electrons. The summed E-state index contributed by atoms with van der Waals surface area (Å²) in [5, 5.41) is 17.0. The van der Waals surface area contributed by atoms with E-state index in [1.54, 1.807) is 11.3 Å². The normalized spacial score (nSPS) is 27.9. The van der Waals surface area contributed by atoms with Crippen LogP contribution in [-0.2, 0) is 11.2 Å². The Labute approximate surface area is 127 Å². The van der Waals surface area contributed by atoms with Crippen LogP contribution in [-0.4, -0.2) is 23.1 Å². The smallest absolute Gasteiger partial charge is 0.315 e. The van der Waals surface area contributed by atoms with E-state index in [0.717, 1.165) is 25.7 Å². The van der Waals surface area contributed by atoms with Crippen molar-refractivity contribution in [3.05, 3.63) is 21.9 Å². The number of urea groups is 1. The molecule has 0 bridgehead atoms. The third kappa shape index (κ3) is 3.20. The zero-order valence-electron chi connectivity index (χ0n) is 11.8. The van der Waals surface area contributed by atoms with Crippen LogP contribution in [0.4, 0.5) is 4.79 Å². The van der Waals surface area contributed by atoms with E-state index in [1.165, 1.54) is 10.4 Å². The van der Waals surface area contributed by atoms with E-state index in [-0.39, 0.29) is 24.0 Å². The first kappa shape index (κ1) is 14.4. The van der Waals surface area contributed by atoms with Gasteiger partial charge < -0.3 is 15.7 Å². The van der Waals surface area contributed by atoms with Crippen LogP contribution in [0.25, 0.3) is 0 Å². The molecule has 1 saturated carbocycles. The van der Waals surface area contributed by atoms with Crippen LogP contribution in [0.2, 0.25) is 0 Å². The second-order valence-electron chi connectivity index (χ2n) is 5.91. The summed E-state index contributed by atoms with van der Waals surface area (Å²) in [5.41, 5.74) is 1.25. The molecule has 0 aliphatic heterocycles. The van der Waals surface area contributed by atoms with Crippen molar-refractivity contribution in [2.45, 2.75) is 50.6 Å². The van der Waals surface area contributed by atoms with Crippen molar-refractivity contribution >= 4 is 23.3 Å². The molecule has 3 N–H and O–H groups in total. The van der Waals surface area contributed by atoms with Crippen molar-refractivity contribution < 1.29 is 14.7 Å². The molecule has 1 fully saturated rings. The molecule has 3 atom stereocenters. The molecule has 6 heteroatoms. The molecule has 1 aromatic rings. The number of aryl methyl sites for hydroxylation is 1. The highest BCUT2D eigenvalue weighted by molar-refractivity contribution is 7.10. The number of rotatable bonds is 3. The number of carboxylic acids is 1. The van der Waals surface area contributed by atoms with E-state index in [0.29, 0.717) is 12.8 Å². The molecular weight excluding hydrogens is 288 g/mol. The number of amides is 2. The van der Waals surface area contributed by atoms with Crippen LogP contribution in [0.1, 0.15) is 48.6 Å². The van der Waals surface area contributed by atoms with Crippen LogP contribution in [0, 0.1) is 5.92 Å². The quantitative estimate of drug-likeness (QED) is 0.803. The predicted octanol–water partition coefficient (Wildman–Crippen LogP) is 2.68. The lowest BCUT2D eigenvalue weighted by molar-refractivity contribution is -0.141. The van der Waals surface area contributed by atoms with E-state index >= 15 is 0 Å². The summed E-state index contributed by atoms with van der Waals surface area (Å²) in [7, 11) is 0. The summed E-state index contributed by atoms with van der Waals surface area (Å²) in [6, 6.07) is 2.00. The van der Waals surface area contributed by atoms with Crippen LogP contribution in [0.15, 0.2) is 11.4 Å². The Morgan fingerprint density at radius 1 is 1.24 bits per heavy atom. The molecule has 2 amide bonds. The molecule has 1 aromatic heterocycles. The Kier molecular flexibility index (Phi) is 4.14. The second-order valence-corrected chi connectivity index (χ2v) is 6.91. The van der Waals surface area contributed by atoms with E-state index < -0.39 is 5.97 Å².